The lowest BCUT2D eigenvalue weighted by Gasteiger charge is -2.15. The molecule has 188 valence electrons. The van der Waals surface area contributed by atoms with Gasteiger partial charge in [-0.15, -0.1) is 0 Å². The minimum atomic E-state index is -0.818. The van der Waals surface area contributed by atoms with Gasteiger partial charge >= 0.3 is 12.1 Å². The van der Waals surface area contributed by atoms with E-state index >= 15 is 0 Å². The minimum Gasteiger partial charge on any atom is -0.481 e. The number of carbonyl (C=O) groups excluding carboxylic acids is 1. The molecule has 1 atom stereocenters. The highest BCUT2D eigenvalue weighted by atomic mass is 35.5. The Bertz CT molecular complexity index is 1460. The minimum absolute atomic E-state index is 0.263. The number of hydrogen-bond acceptors (Lipinski definition) is 4. The molecule has 0 bridgehead atoms. The van der Waals surface area contributed by atoms with E-state index in [0.717, 1.165) is 22.3 Å². The third-order valence-corrected chi connectivity index (χ3v) is 7.19. The van der Waals surface area contributed by atoms with Gasteiger partial charge in [0.2, 0.25) is 0 Å². The smallest absolute Gasteiger partial charge is 0.413 e. The number of carbonyl (C=O) groups is 2. The first-order valence-corrected chi connectivity index (χ1v) is 12.4. The summed E-state index contributed by atoms with van der Waals surface area (Å²) in [6.45, 7) is 1.79. The Kier molecular flexibility index (Phi) is 6.67. The van der Waals surface area contributed by atoms with Crippen LogP contribution >= 0.6 is 23.2 Å². The van der Waals surface area contributed by atoms with E-state index in [0.29, 0.717) is 23.6 Å². The normalized spacial score (nSPS) is 14.6. The van der Waals surface area contributed by atoms with Crippen LogP contribution in [0.1, 0.15) is 37.0 Å². The molecular weight excluding hydrogens is 513 g/mol. The average Bonchev–Trinajstić information content (AvgIpc) is 3.64. The van der Waals surface area contributed by atoms with Crippen molar-refractivity contribution < 1.29 is 19.4 Å². The maximum atomic E-state index is 12.6. The molecule has 1 heterocycles. The van der Waals surface area contributed by atoms with E-state index in [1.807, 2.05) is 66.7 Å². The van der Waals surface area contributed by atoms with E-state index in [-0.39, 0.29) is 10.8 Å². The number of anilines is 1. The van der Waals surface area contributed by atoms with Gasteiger partial charge in [0, 0.05) is 10.6 Å². The Morgan fingerprint density at radius 2 is 1.73 bits per heavy atom. The molecule has 3 aromatic carbocycles. The summed E-state index contributed by atoms with van der Waals surface area (Å²) in [6.07, 6.45) is 1.58. The summed E-state index contributed by atoms with van der Waals surface area (Å²) in [6, 6.07) is 22.2. The molecule has 0 aliphatic heterocycles. The Labute approximate surface area is 223 Å². The van der Waals surface area contributed by atoms with Crippen LogP contribution in [-0.4, -0.2) is 26.9 Å². The fourth-order valence-corrected chi connectivity index (χ4v) is 4.76. The molecule has 1 amide bonds. The predicted molar refractivity (Wildman–Crippen MR) is 143 cm³/mol. The van der Waals surface area contributed by atoms with Crippen molar-refractivity contribution in [1.82, 2.24) is 9.78 Å². The second kappa shape index (κ2) is 9.92. The Morgan fingerprint density at radius 1 is 1.03 bits per heavy atom. The van der Waals surface area contributed by atoms with Crippen LogP contribution < -0.4 is 5.32 Å². The quantitative estimate of drug-likeness (QED) is 0.259. The zero-order chi connectivity index (χ0) is 26.2. The van der Waals surface area contributed by atoms with Gasteiger partial charge in [-0.2, -0.15) is 5.10 Å². The van der Waals surface area contributed by atoms with Crippen molar-refractivity contribution in [2.24, 2.45) is 0 Å². The molecule has 0 saturated heterocycles. The van der Waals surface area contributed by atoms with Gasteiger partial charge in [-0.1, -0.05) is 77.8 Å². The van der Waals surface area contributed by atoms with Crippen LogP contribution in [0.15, 0.2) is 79.0 Å². The van der Waals surface area contributed by atoms with E-state index in [9.17, 15) is 14.7 Å². The third-order valence-electron chi connectivity index (χ3n) is 6.60. The Hall–Kier alpha value is -3.81. The molecule has 5 rings (SSSR count). The molecule has 1 unspecified atom stereocenters. The van der Waals surface area contributed by atoms with E-state index in [1.54, 1.807) is 13.0 Å². The highest BCUT2D eigenvalue weighted by Gasteiger charge is 2.51. The van der Waals surface area contributed by atoms with Crippen LogP contribution in [0.2, 0.25) is 10.0 Å². The summed E-state index contributed by atoms with van der Waals surface area (Å²) >= 11 is 12.8. The molecule has 0 radical (unpaired) electrons. The molecule has 1 aromatic heterocycles. The summed E-state index contributed by atoms with van der Waals surface area (Å²) in [5, 5.41) is 17.3. The van der Waals surface area contributed by atoms with Gasteiger partial charge in [0.15, 0.2) is 5.82 Å². The summed E-state index contributed by atoms with van der Waals surface area (Å²) in [7, 11) is 0. The maximum Gasteiger partial charge on any atom is 0.413 e. The van der Waals surface area contributed by atoms with Gasteiger partial charge in [0.25, 0.3) is 0 Å². The molecule has 2 N–H and O–H groups in total. The first-order chi connectivity index (χ1) is 17.8. The number of rotatable bonds is 7. The van der Waals surface area contributed by atoms with Crippen LogP contribution in [0.3, 0.4) is 0 Å². The largest absolute Gasteiger partial charge is 0.481 e. The Morgan fingerprint density at radius 3 is 2.35 bits per heavy atom. The van der Waals surface area contributed by atoms with Crippen LogP contribution in [0.25, 0.3) is 16.8 Å². The molecule has 7 nitrogen and oxygen atoms in total. The lowest BCUT2D eigenvalue weighted by atomic mass is 9.93. The van der Waals surface area contributed by atoms with Crippen molar-refractivity contribution in [1.29, 1.82) is 0 Å². The number of ether oxygens (including phenoxy) is 1. The van der Waals surface area contributed by atoms with Crippen molar-refractivity contribution in [2.75, 3.05) is 5.32 Å². The van der Waals surface area contributed by atoms with E-state index < -0.39 is 23.6 Å². The number of benzene rings is 3. The molecule has 1 saturated carbocycles. The highest BCUT2D eigenvalue weighted by Crippen LogP contribution is 2.49. The number of halogens is 2. The van der Waals surface area contributed by atoms with Gasteiger partial charge in [-0.3, -0.25) is 10.1 Å². The van der Waals surface area contributed by atoms with Gasteiger partial charge in [-0.25, -0.2) is 9.48 Å². The Balaban J connectivity index is 1.33. The van der Waals surface area contributed by atoms with Gasteiger partial charge in [0.1, 0.15) is 11.1 Å². The summed E-state index contributed by atoms with van der Waals surface area (Å²) in [5.41, 5.74) is 3.08. The summed E-state index contributed by atoms with van der Waals surface area (Å²) in [4.78, 5) is 24.2. The first kappa shape index (κ1) is 24.9. The fourth-order valence-electron chi connectivity index (χ4n) is 4.30. The van der Waals surface area contributed by atoms with E-state index in [2.05, 4.69) is 10.4 Å². The average molecular weight is 536 g/mol. The summed E-state index contributed by atoms with van der Waals surface area (Å²) in [5.74, 6) is -0.535. The molecule has 0 spiro atoms. The van der Waals surface area contributed by atoms with Crippen molar-refractivity contribution >= 4 is 41.1 Å². The second-order valence-corrected chi connectivity index (χ2v) is 9.78. The zero-order valence-corrected chi connectivity index (χ0v) is 21.3. The van der Waals surface area contributed by atoms with Crippen molar-refractivity contribution in [2.45, 2.75) is 31.3 Å². The molecular formula is C28H23Cl2N3O4. The van der Waals surface area contributed by atoms with Crippen molar-refractivity contribution in [3.8, 4) is 16.8 Å². The number of hydrogen-bond donors (Lipinski definition) is 2. The number of aliphatic carboxylic acids is 1. The van der Waals surface area contributed by atoms with Crippen LogP contribution in [0.4, 0.5) is 10.6 Å². The van der Waals surface area contributed by atoms with E-state index in [1.165, 1.54) is 10.9 Å². The number of amides is 1. The molecule has 1 aliphatic rings. The SMILES string of the molecule is CC(OC(=O)Nc1c(Cl)cnn1-c1ccc(-c2ccc(C3(C(=O)O)CC3)cc2Cl)cc1)c1ccccc1. The second-order valence-electron chi connectivity index (χ2n) is 8.96. The topological polar surface area (TPSA) is 93.5 Å². The molecule has 4 aromatic rings. The van der Waals surface area contributed by atoms with E-state index in [4.69, 9.17) is 27.9 Å². The first-order valence-electron chi connectivity index (χ1n) is 11.7. The fraction of sp³-hybridized carbons (Fsp3) is 0.179. The number of nitrogens with one attached hydrogen (secondary N) is 1. The molecule has 1 fully saturated rings. The van der Waals surface area contributed by atoms with Crippen molar-refractivity contribution in [3.05, 3.63) is 100 Å². The maximum absolute atomic E-state index is 12.6. The van der Waals surface area contributed by atoms with Gasteiger partial charge < -0.3 is 9.84 Å². The van der Waals surface area contributed by atoms with Gasteiger partial charge in [-0.05, 0) is 54.7 Å². The van der Waals surface area contributed by atoms with Crippen LogP contribution in [0.5, 0.6) is 0 Å². The number of carboxylic acids is 1. The zero-order valence-electron chi connectivity index (χ0n) is 19.8. The van der Waals surface area contributed by atoms with Crippen LogP contribution in [0, 0.1) is 0 Å². The molecule has 37 heavy (non-hydrogen) atoms. The number of aromatic nitrogens is 2. The third kappa shape index (κ3) is 4.92. The summed E-state index contributed by atoms with van der Waals surface area (Å²) < 4.78 is 7.01. The number of carboxylic acid groups (broad SMARTS) is 1. The monoisotopic (exact) mass is 535 g/mol. The van der Waals surface area contributed by atoms with Crippen LogP contribution in [-0.2, 0) is 14.9 Å². The lowest BCUT2D eigenvalue weighted by molar-refractivity contribution is -0.140. The van der Waals surface area contributed by atoms with Gasteiger partial charge in [0.05, 0.1) is 17.3 Å². The highest BCUT2D eigenvalue weighted by molar-refractivity contribution is 6.33. The lowest BCUT2D eigenvalue weighted by Crippen LogP contribution is -2.19. The predicted octanol–water partition coefficient (Wildman–Crippen LogP) is 7.27. The van der Waals surface area contributed by atoms with Crippen molar-refractivity contribution in [3.63, 3.8) is 0 Å². The number of nitrogens with zero attached hydrogens (tertiary/aromatic N) is 2. The molecule has 9 heteroatoms. The molecule has 1 aliphatic carbocycles. The standard InChI is InChI=1S/C28H23Cl2N3O4/c1-17(18-5-3-2-4-6-18)37-27(36)32-25-24(30)16-31-33(25)21-10-7-19(8-11-21)22-12-9-20(15-23(22)29)28(13-14-28)26(34)35/h2-12,15-17H,13-14H2,1H3,(H,32,36)(H,34,35).